The van der Waals surface area contributed by atoms with Crippen LogP contribution in [0.4, 0.5) is 11.4 Å². The molecule has 2 N–H and O–H groups in total. The molecule has 1 spiro atoms. The molecule has 0 aromatic heterocycles. The van der Waals surface area contributed by atoms with Gasteiger partial charge in [0, 0.05) is 58.1 Å². The molecule has 6 aromatic carbocycles. The number of aryl methyl sites for hydroxylation is 1. The van der Waals surface area contributed by atoms with Crippen LogP contribution in [0, 0.1) is 0 Å². The number of carboxylic acids is 1. The zero-order valence-corrected chi connectivity index (χ0v) is 43.7. The van der Waals surface area contributed by atoms with Gasteiger partial charge in [-0.25, -0.2) is 9.59 Å². The van der Waals surface area contributed by atoms with Gasteiger partial charge >= 0.3 is 11.9 Å². The number of rotatable bonds is 16. The molecule has 6 aromatic rings. The number of carboxylic acid groups (broad SMARTS) is 1. The van der Waals surface area contributed by atoms with Crippen LogP contribution in [0.15, 0.2) is 120 Å². The number of β-lactam (4-membered cyclic amide) rings is 1. The molecule has 0 radical (unpaired) electrons. The van der Waals surface area contributed by atoms with E-state index in [2.05, 4.69) is 29.3 Å². The lowest BCUT2D eigenvalue weighted by atomic mass is 9.76. The number of anilines is 2. The first kappa shape index (κ1) is 49.8. The number of fused-ring (bicyclic) bond motifs is 8. The Bertz CT molecular complexity index is 3320. The number of nitrogens with zero attached hydrogens (tertiary/aromatic N) is 2. The van der Waals surface area contributed by atoms with Crippen LogP contribution in [0.5, 0.6) is 23.0 Å². The maximum Gasteiger partial charge on any atom is 0.352 e. The lowest BCUT2D eigenvalue weighted by Crippen LogP contribution is -2.70. The molecule has 5 aliphatic heterocycles. The molecule has 74 heavy (non-hydrogen) atoms. The van der Waals surface area contributed by atoms with Gasteiger partial charge in [-0.2, -0.15) is 0 Å². The predicted octanol–water partition coefficient (Wildman–Crippen LogP) is 12.6. The molecule has 0 bridgehead atoms. The van der Waals surface area contributed by atoms with E-state index in [0.717, 1.165) is 66.7 Å². The highest BCUT2D eigenvalue weighted by Gasteiger charge is 2.57. The quantitative estimate of drug-likeness (QED) is 0.0314. The molecule has 5 aliphatic rings. The Morgan fingerprint density at radius 1 is 0.811 bits per heavy atom. The highest BCUT2D eigenvalue weighted by molar-refractivity contribution is 8.00. The van der Waals surface area contributed by atoms with Gasteiger partial charge in [0.15, 0.2) is 5.60 Å². The molecular formula is C57H47Cl4N3O9S. The van der Waals surface area contributed by atoms with E-state index in [0.29, 0.717) is 51.9 Å². The van der Waals surface area contributed by atoms with Crippen molar-refractivity contribution in [2.45, 2.75) is 75.5 Å². The molecule has 2 amide bonds. The predicted molar refractivity (Wildman–Crippen MR) is 286 cm³/mol. The van der Waals surface area contributed by atoms with Crippen molar-refractivity contribution in [2.24, 2.45) is 0 Å². The summed E-state index contributed by atoms with van der Waals surface area (Å²) in [5, 5.41) is 12.5. The van der Waals surface area contributed by atoms with Crippen LogP contribution >= 0.6 is 58.2 Å². The standard InChI is InChI=1S/C57H47Cl4N3O9S/c1-2-3-4-8-14-34-25-39-43(72-42-26-36(63-23-22-33-13-9-10-15-40(33)63)18-21-38(42)57(39)46-45(56(69)73-57)47(58)49(60)50(61)48(46)59)27-41(34)71-28-32-16-19-37(20-17-32)70-29-35-30-74-54-51(53(66)64(54)52(35)55(67)68)62-44(65)24-31-11-6-5-7-12-31/h5-7,9-13,15-21,25-27,51,54H,2-4,8,14,22-24,28-30H2,1H3,(H,62,65)(H,67,68)/t51-,54-,57?/m0/s1. The fraction of sp³-hybridized carbons (Fsp3) is 0.263. The summed E-state index contributed by atoms with van der Waals surface area (Å²) in [6.45, 7) is 3.03. The minimum absolute atomic E-state index is 0.00135. The van der Waals surface area contributed by atoms with Gasteiger partial charge in [-0.15, -0.1) is 11.8 Å². The van der Waals surface area contributed by atoms with Crippen LogP contribution in [0.1, 0.15) is 81.9 Å². The average molecular weight is 1090 g/mol. The van der Waals surface area contributed by atoms with Crippen LogP contribution in [0.2, 0.25) is 20.1 Å². The Morgan fingerprint density at radius 3 is 2.35 bits per heavy atom. The van der Waals surface area contributed by atoms with Crippen LogP contribution < -0.4 is 24.4 Å². The minimum atomic E-state index is -1.62. The fourth-order valence-electron chi connectivity index (χ4n) is 10.5. The first-order valence-electron chi connectivity index (χ1n) is 24.4. The Labute approximate surface area is 451 Å². The molecule has 0 aliphatic carbocycles. The number of amides is 2. The normalized spacial score (nSPS) is 18.9. The van der Waals surface area contributed by atoms with Gasteiger partial charge in [-0.05, 0) is 77.9 Å². The molecule has 17 heteroatoms. The summed E-state index contributed by atoms with van der Waals surface area (Å²) in [6.07, 6.45) is 5.58. The number of nitrogens with one attached hydrogen (secondary N) is 1. The maximum atomic E-state index is 14.2. The number of carbonyl (C=O) groups excluding carboxylic acids is 3. The number of esters is 1. The highest BCUT2D eigenvalue weighted by atomic mass is 35.5. The van der Waals surface area contributed by atoms with Crippen molar-refractivity contribution < 1.29 is 43.2 Å². The van der Waals surface area contributed by atoms with Crippen molar-refractivity contribution in [1.82, 2.24) is 10.2 Å². The topological polar surface area (TPSA) is 144 Å². The summed E-state index contributed by atoms with van der Waals surface area (Å²) < 4.78 is 26.2. The third-order valence-corrected chi connectivity index (χ3v) is 17.3. The highest BCUT2D eigenvalue weighted by Crippen LogP contribution is 2.62. The molecule has 378 valence electrons. The van der Waals surface area contributed by atoms with Crippen molar-refractivity contribution in [3.63, 3.8) is 0 Å². The number of hydrogen-bond donors (Lipinski definition) is 2. The second kappa shape index (κ2) is 20.4. The number of ether oxygens (including phenoxy) is 4. The number of carbonyl (C=O) groups is 4. The second-order valence-electron chi connectivity index (χ2n) is 18.8. The molecule has 5 heterocycles. The van der Waals surface area contributed by atoms with Crippen molar-refractivity contribution in [3.8, 4) is 23.0 Å². The van der Waals surface area contributed by atoms with Gasteiger partial charge in [0.25, 0.3) is 5.91 Å². The Balaban J connectivity index is 0.858. The molecule has 1 fully saturated rings. The number of unbranched alkanes of at least 4 members (excludes halogenated alkanes) is 3. The van der Waals surface area contributed by atoms with E-state index in [-0.39, 0.29) is 62.5 Å². The van der Waals surface area contributed by atoms with E-state index >= 15 is 0 Å². The minimum Gasteiger partial charge on any atom is -0.489 e. The van der Waals surface area contributed by atoms with Gasteiger partial charge in [0.1, 0.15) is 53.3 Å². The number of thioether (sulfide) groups is 1. The van der Waals surface area contributed by atoms with Crippen molar-refractivity contribution in [3.05, 3.63) is 185 Å². The van der Waals surface area contributed by atoms with Gasteiger partial charge in [-0.3, -0.25) is 14.5 Å². The lowest BCUT2D eigenvalue weighted by molar-refractivity contribution is -0.150. The number of para-hydroxylation sites is 1. The SMILES string of the molecule is CCCCCCc1cc2c(cc1OCc1ccc(OCC3=C(C(=O)O)N4C(=O)[C@H](NC(=O)Cc5ccccc5)[C@@H]4SC3)cc1)Oc1cc(N3CCc4ccccc43)ccc1C21OC(=O)c2c(Cl)c(Cl)c(Cl)c(Cl)c21. The summed E-state index contributed by atoms with van der Waals surface area (Å²) in [5.41, 5.74) is 5.82. The molecule has 0 saturated carbocycles. The molecule has 12 nitrogen and oxygen atoms in total. The third-order valence-electron chi connectivity index (χ3n) is 14.2. The molecular weight excluding hydrogens is 1040 g/mol. The fourth-order valence-corrected chi connectivity index (χ4v) is 12.9. The van der Waals surface area contributed by atoms with E-state index in [1.54, 1.807) is 12.1 Å². The summed E-state index contributed by atoms with van der Waals surface area (Å²) >= 11 is 28.7. The second-order valence-corrected chi connectivity index (χ2v) is 21.4. The number of halogens is 4. The maximum absolute atomic E-state index is 14.2. The van der Waals surface area contributed by atoms with Gasteiger partial charge in [0.2, 0.25) is 5.91 Å². The van der Waals surface area contributed by atoms with Gasteiger partial charge < -0.3 is 34.3 Å². The smallest absolute Gasteiger partial charge is 0.352 e. The van der Waals surface area contributed by atoms with Crippen molar-refractivity contribution in [2.75, 3.05) is 23.8 Å². The summed E-state index contributed by atoms with van der Waals surface area (Å²) in [5.74, 6) is -0.533. The van der Waals surface area contributed by atoms with Crippen molar-refractivity contribution >= 4 is 93.3 Å². The van der Waals surface area contributed by atoms with E-state index in [4.69, 9.17) is 65.4 Å². The number of benzene rings is 6. The molecule has 1 unspecified atom stereocenters. The van der Waals surface area contributed by atoms with Gasteiger partial charge in [-0.1, -0.05) is 133 Å². The summed E-state index contributed by atoms with van der Waals surface area (Å²) in [6, 6.07) is 33.6. The van der Waals surface area contributed by atoms with E-state index in [9.17, 15) is 24.3 Å². The number of hydrogen-bond acceptors (Lipinski definition) is 10. The molecule has 3 atom stereocenters. The molecule has 1 saturated heterocycles. The summed E-state index contributed by atoms with van der Waals surface area (Å²) in [4.78, 5) is 56.3. The van der Waals surface area contributed by atoms with E-state index in [1.165, 1.54) is 22.2 Å². The first-order chi connectivity index (χ1) is 35.9. The van der Waals surface area contributed by atoms with Gasteiger partial charge in [0.05, 0.1) is 32.1 Å². The Hall–Kier alpha value is -6.35. The van der Waals surface area contributed by atoms with Crippen LogP contribution in [-0.2, 0) is 50.6 Å². The molecule has 11 rings (SSSR count). The van der Waals surface area contributed by atoms with Crippen LogP contribution in [0.25, 0.3) is 0 Å². The Kier molecular flexibility index (Phi) is 13.7. The largest absolute Gasteiger partial charge is 0.489 e. The average Bonchev–Trinajstić information content (AvgIpc) is 3.99. The first-order valence-corrected chi connectivity index (χ1v) is 26.9. The zero-order valence-electron chi connectivity index (χ0n) is 39.9. The monoisotopic (exact) mass is 1090 g/mol. The van der Waals surface area contributed by atoms with Crippen LogP contribution in [0.3, 0.4) is 0 Å². The van der Waals surface area contributed by atoms with Crippen molar-refractivity contribution in [1.29, 1.82) is 0 Å². The van der Waals surface area contributed by atoms with Crippen LogP contribution in [-0.4, -0.2) is 64.1 Å². The summed E-state index contributed by atoms with van der Waals surface area (Å²) in [7, 11) is 0. The number of aliphatic carboxylic acids is 1. The van der Waals surface area contributed by atoms with E-state index in [1.807, 2.05) is 84.9 Å². The third kappa shape index (κ3) is 8.79. The van der Waals surface area contributed by atoms with E-state index < -0.39 is 34.9 Å². The lowest BCUT2D eigenvalue weighted by Gasteiger charge is -2.49. The zero-order chi connectivity index (χ0) is 51.4. The Morgan fingerprint density at radius 2 is 1.57 bits per heavy atom.